The highest BCUT2D eigenvalue weighted by Gasteiger charge is 2.04. The van der Waals surface area contributed by atoms with Gasteiger partial charge in [0.25, 0.3) is 0 Å². The first kappa shape index (κ1) is 15.0. The minimum atomic E-state index is -0.359. The van der Waals surface area contributed by atoms with Gasteiger partial charge in [-0.25, -0.2) is 4.79 Å². The minimum Gasteiger partial charge on any atom is -0.475 e. The number of nitrogens with zero attached hydrogens (tertiary/aromatic N) is 2. The zero-order chi connectivity index (χ0) is 15.9. The van der Waals surface area contributed by atoms with E-state index in [0.717, 1.165) is 10.6 Å². The lowest BCUT2D eigenvalue weighted by Crippen LogP contribution is -2.32. The van der Waals surface area contributed by atoms with Gasteiger partial charge >= 0.3 is 6.03 Å². The molecule has 118 valence electrons. The smallest absolute Gasteiger partial charge is 0.321 e. The van der Waals surface area contributed by atoms with Gasteiger partial charge < -0.3 is 14.5 Å². The van der Waals surface area contributed by atoms with Crippen LogP contribution in [0.3, 0.4) is 0 Å². The summed E-state index contributed by atoms with van der Waals surface area (Å²) in [5.74, 6) is 0.803. The SMILES string of the molecule is O=C(NCCOc1ccc(-c2cccs2)nn1)Nc1ccco1. The van der Waals surface area contributed by atoms with Crippen LogP contribution >= 0.6 is 11.3 Å². The number of carbonyl (C=O) groups is 1. The molecule has 0 aliphatic carbocycles. The summed E-state index contributed by atoms with van der Waals surface area (Å²) in [5.41, 5.74) is 0.809. The summed E-state index contributed by atoms with van der Waals surface area (Å²) in [4.78, 5) is 12.6. The second-order valence-electron chi connectivity index (χ2n) is 4.44. The maximum absolute atomic E-state index is 11.5. The molecule has 0 atom stereocenters. The minimum absolute atomic E-state index is 0.290. The average molecular weight is 330 g/mol. The van der Waals surface area contributed by atoms with Crippen molar-refractivity contribution in [3.05, 3.63) is 48.0 Å². The molecule has 2 N–H and O–H groups in total. The Hall–Kier alpha value is -2.87. The highest BCUT2D eigenvalue weighted by molar-refractivity contribution is 7.13. The molecule has 3 rings (SSSR count). The lowest BCUT2D eigenvalue weighted by Gasteiger charge is -2.07. The van der Waals surface area contributed by atoms with E-state index in [4.69, 9.17) is 9.15 Å². The maximum Gasteiger partial charge on any atom is 0.321 e. The Morgan fingerprint density at radius 1 is 1.22 bits per heavy atom. The van der Waals surface area contributed by atoms with Crippen LogP contribution in [-0.4, -0.2) is 29.4 Å². The summed E-state index contributed by atoms with van der Waals surface area (Å²) in [6.45, 7) is 0.625. The summed E-state index contributed by atoms with van der Waals surface area (Å²) >= 11 is 1.60. The number of urea groups is 1. The molecule has 0 spiro atoms. The Morgan fingerprint density at radius 3 is 2.87 bits per heavy atom. The molecule has 0 radical (unpaired) electrons. The topological polar surface area (TPSA) is 89.3 Å². The van der Waals surface area contributed by atoms with Gasteiger partial charge in [0.1, 0.15) is 12.3 Å². The van der Waals surface area contributed by atoms with Crippen molar-refractivity contribution in [1.82, 2.24) is 15.5 Å². The fraction of sp³-hybridized carbons (Fsp3) is 0.133. The van der Waals surface area contributed by atoms with E-state index in [2.05, 4.69) is 20.8 Å². The molecule has 0 aromatic carbocycles. The van der Waals surface area contributed by atoms with Gasteiger partial charge in [0, 0.05) is 12.1 Å². The zero-order valence-corrected chi connectivity index (χ0v) is 12.9. The van der Waals surface area contributed by atoms with Gasteiger partial charge in [-0.3, -0.25) is 5.32 Å². The van der Waals surface area contributed by atoms with Crippen molar-refractivity contribution in [2.24, 2.45) is 0 Å². The molecule has 7 nitrogen and oxygen atoms in total. The standard InChI is InChI=1S/C15H14N4O3S/c20-15(17-13-4-1-8-21-13)16-7-9-22-14-6-5-11(18-19-14)12-3-2-10-23-12/h1-6,8,10H,7,9H2,(H2,16,17,20). The number of aromatic nitrogens is 2. The lowest BCUT2D eigenvalue weighted by atomic mass is 10.3. The monoisotopic (exact) mass is 330 g/mol. The summed E-state index contributed by atoms with van der Waals surface area (Å²) in [6, 6.07) is 10.5. The van der Waals surface area contributed by atoms with Crippen LogP contribution in [0.5, 0.6) is 5.88 Å². The fourth-order valence-corrected chi connectivity index (χ4v) is 2.47. The van der Waals surface area contributed by atoms with Crippen molar-refractivity contribution in [2.45, 2.75) is 0 Å². The molecule has 3 aromatic heterocycles. The van der Waals surface area contributed by atoms with Crippen molar-refractivity contribution in [3.8, 4) is 16.5 Å². The number of hydrogen-bond donors (Lipinski definition) is 2. The molecule has 0 saturated carbocycles. The highest BCUT2D eigenvalue weighted by atomic mass is 32.1. The first-order valence-corrected chi connectivity index (χ1v) is 7.78. The first-order valence-electron chi connectivity index (χ1n) is 6.90. The van der Waals surface area contributed by atoms with Crippen molar-refractivity contribution >= 4 is 23.3 Å². The fourth-order valence-electron chi connectivity index (χ4n) is 1.78. The number of thiophene rings is 1. The lowest BCUT2D eigenvalue weighted by molar-refractivity contribution is 0.245. The van der Waals surface area contributed by atoms with Gasteiger partial charge in [0.2, 0.25) is 11.8 Å². The second-order valence-corrected chi connectivity index (χ2v) is 5.39. The second kappa shape index (κ2) is 7.41. The van der Waals surface area contributed by atoms with E-state index in [1.54, 1.807) is 29.5 Å². The van der Waals surface area contributed by atoms with Crippen LogP contribution in [0.4, 0.5) is 10.7 Å². The Kier molecular flexibility index (Phi) is 4.85. The molecule has 2 amide bonds. The number of furan rings is 1. The Balaban J connectivity index is 1.39. The molecule has 0 bridgehead atoms. The van der Waals surface area contributed by atoms with Crippen molar-refractivity contribution in [3.63, 3.8) is 0 Å². The van der Waals surface area contributed by atoms with Crippen LogP contribution in [0, 0.1) is 0 Å². The van der Waals surface area contributed by atoms with E-state index in [1.165, 1.54) is 6.26 Å². The Bertz CT molecular complexity index is 727. The number of amides is 2. The molecule has 8 heteroatoms. The van der Waals surface area contributed by atoms with E-state index in [-0.39, 0.29) is 6.03 Å². The Morgan fingerprint density at radius 2 is 2.17 bits per heavy atom. The average Bonchev–Trinajstić information content (AvgIpc) is 3.26. The predicted molar refractivity (Wildman–Crippen MR) is 86.6 cm³/mol. The van der Waals surface area contributed by atoms with Gasteiger partial charge in [-0.1, -0.05) is 6.07 Å². The number of ether oxygens (including phenoxy) is 1. The summed E-state index contributed by atoms with van der Waals surface area (Å²) in [6.07, 6.45) is 1.48. The van der Waals surface area contributed by atoms with E-state index < -0.39 is 0 Å². The molecule has 0 unspecified atom stereocenters. The molecule has 0 fully saturated rings. The van der Waals surface area contributed by atoms with E-state index >= 15 is 0 Å². The number of rotatable bonds is 6. The van der Waals surface area contributed by atoms with Gasteiger partial charge in [-0.2, -0.15) is 0 Å². The summed E-state index contributed by atoms with van der Waals surface area (Å²) in [7, 11) is 0. The van der Waals surface area contributed by atoms with E-state index in [0.29, 0.717) is 24.9 Å². The molecule has 3 heterocycles. The zero-order valence-electron chi connectivity index (χ0n) is 12.1. The Labute approximate surface area is 136 Å². The van der Waals surface area contributed by atoms with Crippen LogP contribution in [0.1, 0.15) is 0 Å². The molecular formula is C15H14N4O3S. The van der Waals surface area contributed by atoms with Crippen LogP contribution in [0.15, 0.2) is 52.5 Å². The molecule has 23 heavy (non-hydrogen) atoms. The number of anilines is 1. The normalized spacial score (nSPS) is 10.3. The van der Waals surface area contributed by atoms with Gasteiger partial charge in [-0.15, -0.1) is 21.5 Å². The summed E-state index contributed by atoms with van der Waals surface area (Å²) in [5, 5.41) is 15.3. The largest absolute Gasteiger partial charge is 0.475 e. The molecule has 0 saturated heterocycles. The highest BCUT2D eigenvalue weighted by Crippen LogP contribution is 2.22. The molecule has 0 aliphatic rings. The van der Waals surface area contributed by atoms with Gasteiger partial charge in [0.05, 0.1) is 17.7 Å². The maximum atomic E-state index is 11.5. The summed E-state index contributed by atoms with van der Waals surface area (Å²) < 4.78 is 10.4. The van der Waals surface area contributed by atoms with Crippen LogP contribution in [0.2, 0.25) is 0 Å². The number of hydrogen-bond acceptors (Lipinski definition) is 6. The van der Waals surface area contributed by atoms with Crippen molar-refractivity contribution < 1.29 is 13.9 Å². The van der Waals surface area contributed by atoms with Crippen molar-refractivity contribution in [2.75, 3.05) is 18.5 Å². The molecule has 0 aliphatic heterocycles. The van der Waals surface area contributed by atoms with Gasteiger partial charge in [-0.05, 0) is 23.6 Å². The third-order valence-electron chi connectivity index (χ3n) is 2.81. The predicted octanol–water partition coefficient (Wildman–Crippen LogP) is 3.00. The quantitative estimate of drug-likeness (QED) is 0.678. The van der Waals surface area contributed by atoms with Gasteiger partial charge in [0.15, 0.2) is 0 Å². The third kappa shape index (κ3) is 4.30. The van der Waals surface area contributed by atoms with Crippen molar-refractivity contribution in [1.29, 1.82) is 0 Å². The number of nitrogens with one attached hydrogen (secondary N) is 2. The molecular weight excluding hydrogens is 316 g/mol. The van der Waals surface area contributed by atoms with E-state index in [9.17, 15) is 4.79 Å². The third-order valence-corrected chi connectivity index (χ3v) is 3.70. The van der Waals surface area contributed by atoms with Crippen LogP contribution < -0.4 is 15.4 Å². The molecule has 3 aromatic rings. The van der Waals surface area contributed by atoms with Crippen LogP contribution in [0.25, 0.3) is 10.6 Å². The van der Waals surface area contributed by atoms with Crippen LogP contribution in [-0.2, 0) is 0 Å². The number of carbonyl (C=O) groups excluding carboxylic acids is 1. The van der Waals surface area contributed by atoms with E-state index in [1.807, 2.05) is 23.6 Å². The first-order chi connectivity index (χ1) is 11.3.